The zero-order chi connectivity index (χ0) is 17.1. The lowest BCUT2D eigenvalue weighted by Gasteiger charge is -2.25. The Kier molecular flexibility index (Phi) is 5.03. The molecule has 6 nitrogen and oxygen atoms in total. The molecule has 2 amide bonds. The summed E-state index contributed by atoms with van der Waals surface area (Å²) in [4.78, 5) is 14.8. The number of carbonyl (C=O) groups is 1. The molecular formula is C18H24N4O2S. The van der Waals surface area contributed by atoms with Gasteiger partial charge in [0.1, 0.15) is 5.82 Å². The summed E-state index contributed by atoms with van der Waals surface area (Å²) in [6, 6.07) is 3.85. The predicted octanol–water partition coefficient (Wildman–Crippen LogP) is 3.57. The molecular weight excluding hydrogens is 336 g/mol. The summed E-state index contributed by atoms with van der Waals surface area (Å²) in [7, 11) is 0. The van der Waals surface area contributed by atoms with Crippen LogP contribution in [0, 0.1) is 5.92 Å². The van der Waals surface area contributed by atoms with Crippen molar-refractivity contribution in [1.82, 2.24) is 14.7 Å². The first-order chi connectivity index (χ1) is 12.3. The molecule has 1 aliphatic carbocycles. The molecule has 2 aliphatic rings. The highest BCUT2D eigenvalue weighted by Gasteiger charge is 2.25. The van der Waals surface area contributed by atoms with Crippen LogP contribution < -0.4 is 5.32 Å². The number of rotatable bonds is 7. The third-order valence-electron chi connectivity index (χ3n) is 4.77. The summed E-state index contributed by atoms with van der Waals surface area (Å²) >= 11 is 1.65. The van der Waals surface area contributed by atoms with Crippen molar-refractivity contribution in [2.75, 3.05) is 18.5 Å². The summed E-state index contributed by atoms with van der Waals surface area (Å²) in [5.41, 5.74) is 1.16. The normalized spacial score (nSPS) is 19.9. The minimum atomic E-state index is -0.0840. The Labute approximate surface area is 151 Å². The number of aromatic nitrogens is 2. The van der Waals surface area contributed by atoms with Crippen molar-refractivity contribution in [3.8, 4) is 0 Å². The number of ether oxygens (including phenoxy) is 1. The second-order valence-electron chi connectivity index (χ2n) is 6.92. The molecule has 3 heterocycles. The molecule has 25 heavy (non-hydrogen) atoms. The van der Waals surface area contributed by atoms with E-state index in [-0.39, 0.29) is 12.1 Å². The molecule has 1 N–H and O–H groups in total. The molecule has 0 bridgehead atoms. The maximum Gasteiger partial charge on any atom is 0.323 e. The van der Waals surface area contributed by atoms with Crippen molar-refractivity contribution < 1.29 is 9.53 Å². The Balaban J connectivity index is 1.43. The van der Waals surface area contributed by atoms with Gasteiger partial charge in [0.25, 0.3) is 0 Å². The number of hydrogen-bond acceptors (Lipinski definition) is 4. The maximum atomic E-state index is 12.9. The molecule has 7 heteroatoms. The van der Waals surface area contributed by atoms with Gasteiger partial charge >= 0.3 is 6.03 Å². The number of urea groups is 1. The van der Waals surface area contributed by atoms with E-state index >= 15 is 0 Å². The van der Waals surface area contributed by atoms with Gasteiger partial charge in [-0.1, -0.05) is 0 Å². The lowest BCUT2D eigenvalue weighted by atomic mass is 10.2. The van der Waals surface area contributed by atoms with Gasteiger partial charge in [-0.15, -0.1) is 0 Å². The second-order valence-corrected chi connectivity index (χ2v) is 7.70. The van der Waals surface area contributed by atoms with Crippen molar-refractivity contribution in [3.63, 3.8) is 0 Å². The Bertz CT molecular complexity index is 690. The number of hydrogen-bond donors (Lipinski definition) is 1. The van der Waals surface area contributed by atoms with Gasteiger partial charge in [-0.2, -0.15) is 16.4 Å². The van der Waals surface area contributed by atoms with Gasteiger partial charge in [0.15, 0.2) is 0 Å². The van der Waals surface area contributed by atoms with Crippen LogP contribution in [0.2, 0.25) is 0 Å². The third kappa shape index (κ3) is 4.41. The van der Waals surface area contributed by atoms with E-state index in [0.717, 1.165) is 37.4 Å². The van der Waals surface area contributed by atoms with E-state index in [1.165, 1.54) is 12.8 Å². The standard InChI is InChI=1S/C18H24N4O2S/c23-18(20-17-5-7-19-22(17)11-14-3-4-14)21(10-15-6-9-25-13-15)12-16-2-1-8-24-16/h5-7,9,13-14,16H,1-4,8,10-12H2,(H,20,23). The van der Waals surface area contributed by atoms with E-state index in [4.69, 9.17) is 4.74 Å². The molecule has 2 aromatic rings. The number of anilines is 1. The van der Waals surface area contributed by atoms with Crippen molar-refractivity contribution in [1.29, 1.82) is 0 Å². The molecule has 1 saturated carbocycles. The fraction of sp³-hybridized carbons (Fsp3) is 0.556. The molecule has 0 aromatic carbocycles. The maximum absolute atomic E-state index is 12.9. The van der Waals surface area contributed by atoms with E-state index in [1.807, 2.05) is 21.0 Å². The molecule has 1 unspecified atom stereocenters. The Morgan fingerprint density at radius 2 is 2.32 bits per heavy atom. The minimum Gasteiger partial charge on any atom is -0.376 e. The molecule has 0 radical (unpaired) electrons. The lowest BCUT2D eigenvalue weighted by molar-refractivity contribution is 0.0819. The molecule has 2 aromatic heterocycles. The minimum absolute atomic E-state index is 0.0840. The highest BCUT2D eigenvalue weighted by molar-refractivity contribution is 7.07. The smallest absolute Gasteiger partial charge is 0.323 e. The van der Waals surface area contributed by atoms with Crippen molar-refractivity contribution in [3.05, 3.63) is 34.7 Å². The number of nitrogens with zero attached hydrogens (tertiary/aromatic N) is 3. The van der Waals surface area contributed by atoms with Crippen LogP contribution in [0.25, 0.3) is 0 Å². The summed E-state index contributed by atoms with van der Waals surface area (Å²) in [6.45, 7) is 2.91. The van der Waals surface area contributed by atoms with Crippen LogP contribution in [0.15, 0.2) is 29.1 Å². The van der Waals surface area contributed by atoms with Crippen LogP contribution in [-0.4, -0.2) is 40.0 Å². The lowest BCUT2D eigenvalue weighted by Crippen LogP contribution is -2.40. The van der Waals surface area contributed by atoms with E-state index in [0.29, 0.717) is 19.0 Å². The molecule has 1 aliphatic heterocycles. The predicted molar refractivity (Wildman–Crippen MR) is 97.7 cm³/mol. The number of amides is 2. The number of nitrogens with one attached hydrogen (secondary N) is 1. The van der Waals surface area contributed by atoms with Gasteiger partial charge in [-0.3, -0.25) is 5.32 Å². The van der Waals surface area contributed by atoms with Crippen molar-refractivity contribution in [2.45, 2.75) is 44.9 Å². The van der Waals surface area contributed by atoms with Crippen LogP contribution in [-0.2, 0) is 17.8 Å². The van der Waals surface area contributed by atoms with Crippen LogP contribution in [0.1, 0.15) is 31.2 Å². The van der Waals surface area contributed by atoms with Gasteiger partial charge < -0.3 is 9.64 Å². The van der Waals surface area contributed by atoms with Crippen LogP contribution >= 0.6 is 11.3 Å². The molecule has 0 spiro atoms. The SMILES string of the molecule is O=C(Nc1ccnn1CC1CC1)N(Cc1ccsc1)CC1CCCO1. The van der Waals surface area contributed by atoms with E-state index in [1.54, 1.807) is 17.5 Å². The number of carbonyl (C=O) groups excluding carboxylic acids is 1. The molecule has 2 fully saturated rings. The highest BCUT2D eigenvalue weighted by atomic mass is 32.1. The topological polar surface area (TPSA) is 59.4 Å². The average molecular weight is 360 g/mol. The molecule has 134 valence electrons. The summed E-state index contributed by atoms with van der Waals surface area (Å²) in [5.74, 6) is 1.49. The monoisotopic (exact) mass is 360 g/mol. The fourth-order valence-electron chi connectivity index (χ4n) is 3.17. The van der Waals surface area contributed by atoms with E-state index < -0.39 is 0 Å². The Morgan fingerprint density at radius 1 is 1.40 bits per heavy atom. The number of thiophene rings is 1. The van der Waals surface area contributed by atoms with Gasteiger partial charge in [0.05, 0.1) is 12.3 Å². The van der Waals surface area contributed by atoms with Gasteiger partial charge in [-0.05, 0) is 54.0 Å². The summed E-state index contributed by atoms with van der Waals surface area (Å²) in [5, 5.41) is 11.5. The quantitative estimate of drug-likeness (QED) is 0.821. The highest BCUT2D eigenvalue weighted by Crippen LogP contribution is 2.31. The van der Waals surface area contributed by atoms with Crippen LogP contribution in [0.3, 0.4) is 0 Å². The fourth-order valence-corrected chi connectivity index (χ4v) is 3.83. The average Bonchev–Trinajstić information content (AvgIpc) is 3.02. The summed E-state index contributed by atoms with van der Waals surface area (Å²) < 4.78 is 7.64. The zero-order valence-corrected chi connectivity index (χ0v) is 15.1. The van der Waals surface area contributed by atoms with Crippen molar-refractivity contribution >= 4 is 23.2 Å². The van der Waals surface area contributed by atoms with Gasteiger partial charge in [-0.25, -0.2) is 9.48 Å². The Morgan fingerprint density at radius 3 is 3.04 bits per heavy atom. The van der Waals surface area contributed by atoms with Crippen LogP contribution in [0.5, 0.6) is 0 Å². The first kappa shape index (κ1) is 16.6. The van der Waals surface area contributed by atoms with E-state index in [9.17, 15) is 4.79 Å². The largest absolute Gasteiger partial charge is 0.376 e. The van der Waals surface area contributed by atoms with Gasteiger partial charge in [0, 0.05) is 32.3 Å². The summed E-state index contributed by atoms with van der Waals surface area (Å²) in [6.07, 6.45) is 6.51. The second kappa shape index (κ2) is 7.58. The van der Waals surface area contributed by atoms with Crippen molar-refractivity contribution in [2.24, 2.45) is 5.92 Å². The molecule has 1 atom stereocenters. The first-order valence-corrected chi connectivity index (χ1v) is 9.92. The zero-order valence-electron chi connectivity index (χ0n) is 14.3. The van der Waals surface area contributed by atoms with Gasteiger partial charge in [0.2, 0.25) is 0 Å². The first-order valence-electron chi connectivity index (χ1n) is 8.98. The molecule has 4 rings (SSSR count). The van der Waals surface area contributed by atoms with E-state index in [2.05, 4.69) is 21.9 Å². The Hall–Kier alpha value is -1.86. The third-order valence-corrected chi connectivity index (χ3v) is 5.50. The van der Waals surface area contributed by atoms with Crippen LogP contribution in [0.4, 0.5) is 10.6 Å². The molecule has 1 saturated heterocycles.